The summed E-state index contributed by atoms with van der Waals surface area (Å²) in [4.78, 5) is 11.9. The molecular weight excluding hydrogens is 292 g/mol. The third-order valence-corrected chi connectivity index (χ3v) is 4.29. The second-order valence-corrected chi connectivity index (χ2v) is 6.02. The van der Waals surface area contributed by atoms with Gasteiger partial charge in [-0.2, -0.15) is 0 Å². The van der Waals surface area contributed by atoms with Crippen LogP contribution in [0.5, 0.6) is 11.5 Å². The van der Waals surface area contributed by atoms with Gasteiger partial charge in [0, 0.05) is 6.04 Å². The molecule has 1 amide bonds. The van der Waals surface area contributed by atoms with Crippen LogP contribution in [-0.2, 0) is 11.2 Å². The minimum absolute atomic E-state index is 0.101. The minimum Gasteiger partial charge on any atom is -0.493 e. The number of nitrogens with one attached hydrogen (secondary N) is 2. The van der Waals surface area contributed by atoms with E-state index in [4.69, 9.17) is 9.47 Å². The van der Waals surface area contributed by atoms with Crippen molar-refractivity contribution in [3.63, 3.8) is 0 Å². The van der Waals surface area contributed by atoms with E-state index >= 15 is 0 Å². The molecule has 1 saturated carbocycles. The molecule has 0 bridgehead atoms. The van der Waals surface area contributed by atoms with Crippen LogP contribution in [0.15, 0.2) is 18.2 Å². The summed E-state index contributed by atoms with van der Waals surface area (Å²) in [6, 6.07) is 6.28. The van der Waals surface area contributed by atoms with Gasteiger partial charge in [0.15, 0.2) is 11.5 Å². The standard InChI is InChI=1S/C18H28N2O3/c1-22-16-9-8-14(12-17(16)23-2)10-11-19-13-18(21)20-15-6-4-3-5-7-15/h8-9,12,15,19H,3-7,10-11,13H2,1-2H3,(H,20,21). The number of ether oxygens (including phenoxy) is 2. The highest BCUT2D eigenvalue weighted by molar-refractivity contribution is 5.78. The Labute approximate surface area is 138 Å². The molecule has 0 heterocycles. The van der Waals surface area contributed by atoms with Gasteiger partial charge in [0.05, 0.1) is 20.8 Å². The van der Waals surface area contributed by atoms with Gasteiger partial charge in [-0.15, -0.1) is 0 Å². The van der Waals surface area contributed by atoms with Crippen molar-refractivity contribution in [2.45, 2.75) is 44.6 Å². The van der Waals surface area contributed by atoms with Crippen molar-refractivity contribution in [1.29, 1.82) is 0 Å². The zero-order chi connectivity index (χ0) is 16.5. The first kappa shape index (κ1) is 17.6. The highest BCUT2D eigenvalue weighted by Gasteiger charge is 2.15. The first-order chi connectivity index (χ1) is 11.2. The molecule has 2 rings (SSSR count). The normalized spacial score (nSPS) is 15.2. The molecule has 0 aliphatic heterocycles. The predicted octanol–water partition coefficient (Wildman–Crippen LogP) is 2.28. The lowest BCUT2D eigenvalue weighted by Gasteiger charge is -2.22. The van der Waals surface area contributed by atoms with Gasteiger partial charge >= 0.3 is 0 Å². The van der Waals surface area contributed by atoms with Gasteiger partial charge < -0.3 is 20.1 Å². The molecule has 1 aromatic rings. The Morgan fingerprint density at radius 1 is 1.13 bits per heavy atom. The highest BCUT2D eigenvalue weighted by Crippen LogP contribution is 2.27. The summed E-state index contributed by atoms with van der Waals surface area (Å²) in [5.41, 5.74) is 1.16. The lowest BCUT2D eigenvalue weighted by Crippen LogP contribution is -2.41. The van der Waals surface area contributed by atoms with E-state index in [0.717, 1.165) is 42.9 Å². The van der Waals surface area contributed by atoms with Crippen molar-refractivity contribution in [3.05, 3.63) is 23.8 Å². The average molecular weight is 320 g/mol. The smallest absolute Gasteiger partial charge is 0.234 e. The number of hydrogen-bond donors (Lipinski definition) is 2. The van der Waals surface area contributed by atoms with Crippen LogP contribution in [0.4, 0.5) is 0 Å². The van der Waals surface area contributed by atoms with E-state index < -0.39 is 0 Å². The van der Waals surface area contributed by atoms with Crippen molar-refractivity contribution in [2.24, 2.45) is 0 Å². The Bertz CT molecular complexity index is 499. The SMILES string of the molecule is COc1ccc(CCNCC(=O)NC2CCCCC2)cc1OC. The molecule has 0 aromatic heterocycles. The van der Waals surface area contributed by atoms with Crippen LogP contribution < -0.4 is 20.1 Å². The summed E-state index contributed by atoms with van der Waals surface area (Å²) in [6.45, 7) is 1.14. The van der Waals surface area contributed by atoms with Crippen molar-refractivity contribution in [2.75, 3.05) is 27.3 Å². The maximum atomic E-state index is 11.9. The number of amides is 1. The Morgan fingerprint density at radius 3 is 2.57 bits per heavy atom. The fourth-order valence-corrected chi connectivity index (χ4v) is 3.00. The first-order valence-electron chi connectivity index (χ1n) is 8.44. The average Bonchev–Trinajstić information content (AvgIpc) is 2.59. The lowest BCUT2D eigenvalue weighted by atomic mass is 9.95. The molecule has 1 fully saturated rings. The molecule has 0 radical (unpaired) electrons. The summed E-state index contributed by atoms with van der Waals surface area (Å²) in [5.74, 6) is 1.57. The van der Waals surface area contributed by atoms with Crippen LogP contribution in [0.25, 0.3) is 0 Å². The van der Waals surface area contributed by atoms with E-state index in [2.05, 4.69) is 10.6 Å². The molecule has 1 aromatic carbocycles. The van der Waals surface area contributed by atoms with Gasteiger partial charge in [-0.25, -0.2) is 0 Å². The van der Waals surface area contributed by atoms with E-state index in [0.29, 0.717) is 12.6 Å². The zero-order valence-electron chi connectivity index (χ0n) is 14.2. The maximum Gasteiger partial charge on any atom is 0.234 e. The van der Waals surface area contributed by atoms with Crippen LogP contribution in [0.1, 0.15) is 37.7 Å². The van der Waals surface area contributed by atoms with E-state index in [1.165, 1.54) is 19.3 Å². The van der Waals surface area contributed by atoms with Gasteiger partial charge in [-0.1, -0.05) is 25.3 Å². The lowest BCUT2D eigenvalue weighted by molar-refractivity contribution is -0.121. The van der Waals surface area contributed by atoms with E-state index in [9.17, 15) is 4.79 Å². The van der Waals surface area contributed by atoms with Crippen LogP contribution in [0.3, 0.4) is 0 Å². The molecule has 1 aliphatic rings. The van der Waals surface area contributed by atoms with Crippen molar-refractivity contribution < 1.29 is 14.3 Å². The van der Waals surface area contributed by atoms with Crippen molar-refractivity contribution in [3.8, 4) is 11.5 Å². The predicted molar refractivity (Wildman–Crippen MR) is 91.1 cm³/mol. The minimum atomic E-state index is 0.101. The van der Waals surface area contributed by atoms with Crippen LogP contribution in [0, 0.1) is 0 Å². The first-order valence-corrected chi connectivity index (χ1v) is 8.44. The van der Waals surface area contributed by atoms with Crippen LogP contribution >= 0.6 is 0 Å². The fourth-order valence-electron chi connectivity index (χ4n) is 3.00. The molecule has 0 atom stereocenters. The fraction of sp³-hybridized carbons (Fsp3) is 0.611. The summed E-state index contributed by atoms with van der Waals surface area (Å²) in [7, 11) is 3.26. The van der Waals surface area contributed by atoms with Gasteiger partial charge in [0.2, 0.25) is 5.91 Å². The van der Waals surface area contributed by atoms with Gasteiger partial charge in [-0.05, 0) is 43.5 Å². The van der Waals surface area contributed by atoms with Crippen LogP contribution in [-0.4, -0.2) is 39.3 Å². The molecule has 0 spiro atoms. The van der Waals surface area contributed by atoms with E-state index in [1.54, 1.807) is 14.2 Å². The number of benzene rings is 1. The molecule has 128 valence electrons. The molecule has 1 aliphatic carbocycles. The number of hydrogen-bond acceptors (Lipinski definition) is 4. The maximum absolute atomic E-state index is 11.9. The van der Waals surface area contributed by atoms with Gasteiger partial charge in [-0.3, -0.25) is 4.79 Å². The summed E-state index contributed by atoms with van der Waals surface area (Å²) < 4.78 is 10.5. The molecule has 2 N–H and O–H groups in total. The Hall–Kier alpha value is -1.75. The molecular formula is C18H28N2O3. The molecule has 23 heavy (non-hydrogen) atoms. The molecule has 5 nitrogen and oxygen atoms in total. The summed E-state index contributed by atoms with van der Waals surface area (Å²) in [5, 5.41) is 6.32. The van der Waals surface area contributed by atoms with Crippen LogP contribution in [0.2, 0.25) is 0 Å². The highest BCUT2D eigenvalue weighted by atomic mass is 16.5. The van der Waals surface area contributed by atoms with Gasteiger partial charge in [0.1, 0.15) is 0 Å². The molecule has 0 saturated heterocycles. The number of methoxy groups -OCH3 is 2. The third-order valence-electron chi connectivity index (χ3n) is 4.29. The number of carbonyl (C=O) groups is 1. The molecule has 0 unspecified atom stereocenters. The Morgan fingerprint density at radius 2 is 1.87 bits per heavy atom. The number of rotatable bonds is 8. The summed E-state index contributed by atoms with van der Waals surface area (Å²) in [6.07, 6.45) is 6.86. The Kier molecular flexibility index (Phi) is 7.20. The summed E-state index contributed by atoms with van der Waals surface area (Å²) >= 11 is 0. The second kappa shape index (κ2) is 9.40. The monoisotopic (exact) mass is 320 g/mol. The van der Waals surface area contributed by atoms with E-state index in [-0.39, 0.29) is 5.91 Å². The van der Waals surface area contributed by atoms with Crippen molar-refractivity contribution in [1.82, 2.24) is 10.6 Å². The zero-order valence-corrected chi connectivity index (χ0v) is 14.2. The Balaban J connectivity index is 1.67. The third kappa shape index (κ3) is 5.75. The molecule has 5 heteroatoms. The van der Waals surface area contributed by atoms with E-state index in [1.807, 2.05) is 18.2 Å². The number of carbonyl (C=O) groups excluding carboxylic acids is 1. The quantitative estimate of drug-likeness (QED) is 0.722. The van der Waals surface area contributed by atoms with Gasteiger partial charge in [0.25, 0.3) is 0 Å². The van der Waals surface area contributed by atoms with Crippen molar-refractivity contribution >= 4 is 5.91 Å². The largest absolute Gasteiger partial charge is 0.493 e. The topological polar surface area (TPSA) is 59.6 Å². The second-order valence-electron chi connectivity index (χ2n) is 6.02.